The number of aromatic nitrogens is 1. The summed E-state index contributed by atoms with van der Waals surface area (Å²) in [6.07, 6.45) is 2.45. The van der Waals surface area contributed by atoms with Crippen molar-refractivity contribution in [2.75, 3.05) is 13.6 Å². The number of thiazole rings is 1. The van der Waals surface area contributed by atoms with Crippen LogP contribution in [0, 0.1) is 0 Å². The molecule has 0 saturated carbocycles. The highest BCUT2D eigenvalue weighted by Gasteiger charge is 2.34. The van der Waals surface area contributed by atoms with Gasteiger partial charge in [0.05, 0.1) is 15.2 Å². The summed E-state index contributed by atoms with van der Waals surface area (Å²) in [7, 11) is 2.23. The third-order valence-electron chi connectivity index (χ3n) is 4.25. The Balaban J connectivity index is 1.91. The van der Waals surface area contributed by atoms with Gasteiger partial charge in [0.1, 0.15) is 0 Å². The van der Waals surface area contributed by atoms with Crippen LogP contribution < -0.4 is 0 Å². The Labute approximate surface area is 113 Å². The number of nitrogens with zero attached hydrogens (tertiary/aromatic N) is 2. The van der Waals surface area contributed by atoms with E-state index in [1.54, 1.807) is 0 Å². The van der Waals surface area contributed by atoms with Crippen LogP contribution >= 0.6 is 11.3 Å². The van der Waals surface area contributed by atoms with E-state index in [9.17, 15) is 0 Å². The van der Waals surface area contributed by atoms with Crippen molar-refractivity contribution in [2.45, 2.75) is 38.1 Å². The number of rotatable bonds is 1. The van der Waals surface area contributed by atoms with E-state index in [1.165, 1.54) is 29.1 Å². The van der Waals surface area contributed by atoms with Gasteiger partial charge in [-0.05, 0) is 52.4 Å². The van der Waals surface area contributed by atoms with Gasteiger partial charge >= 0.3 is 0 Å². The van der Waals surface area contributed by atoms with Crippen molar-refractivity contribution in [3.63, 3.8) is 0 Å². The van der Waals surface area contributed by atoms with E-state index in [2.05, 4.69) is 50.1 Å². The van der Waals surface area contributed by atoms with Gasteiger partial charge < -0.3 is 4.90 Å². The lowest BCUT2D eigenvalue weighted by Crippen LogP contribution is -2.46. The van der Waals surface area contributed by atoms with Crippen LogP contribution in [0.25, 0.3) is 10.2 Å². The summed E-state index contributed by atoms with van der Waals surface area (Å²) in [5.74, 6) is 0.633. The van der Waals surface area contributed by atoms with Gasteiger partial charge in [-0.3, -0.25) is 0 Å². The average molecular weight is 260 g/mol. The van der Waals surface area contributed by atoms with E-state index < -0.39 is 0 Å². The molecule has 0 bridgehead atoms. The molecule has 2 nitrogen and oxygen atoms in total. The predicted octanol–water partition coefficient (Wildman–Crippen LogP) is 3.88. The highest BCUT2D eigenvalue weighted by molar-refractivity contribution is 7.18. The fraction of sp³-hybridized carbons (Fsp3) is 0.533. The molecule has 0 aliphatic carbocycles. The van der Waals surface area contributed by atoms with E-state index >= 15 is 0 Å². The van der Waals surface area contributed by atoms with E-state index in [0.29, 0.717) is 11.5 Å². The number of likely N-dealkylation sites (tertiary alicyclic amines) is 1. The van der Waals surface area contributed by atoms with Crippen LogP contribution in [0.5, 0.6) is 0 Å². The first kappa shape index (κ1) is 12.1. The Bertz CT molecular complexity index is 525. The molecule has 1 aromatic heterocycles. The van der Waals surface area contributed by atoms with Crippen molar-refractivity contribution >= 4 is 21.6 Å². The number of hydrogen-bond acceptors (Lipinski definition) is 3. The lowest BCUT2D eigenvalue weighted by atomic mass is 9.83. The van der Waals surface area contributed by atoms with Crippen LogP contribution in [0.1, 0.15) is 37.6 Å². The zero-order chi connectivity index (χ0) is 12.8. The summed E-state index contributed by atoms with van der Waals surface area (Å²) in [5.41, 5.74) is 1.45. The molecule has 1 fully saturated rings. The second-order valence-corrected chi connectivity index (χ2v) is 7.01. The van der Waals surface area contributed by atoms with Crippen LogP contribution in [-0.2, 0) is 0 Å². The van der Waals surface area contributed by atoms with Crippen molar-refractivity contribution in [2.24, 2.45) is 0 Å². The quantitative estimate of drug-likeness (QED) is 0.773. The SMILES string of the molecule is CN1CC[C@H](c2nc3ccccc3s2)CC1(C)C. The van der Waals surface area contributed by atoms with Crippen molar-refractivity contribution in [1.29, 1.82) is 0 Å². The molecule has 0 radical (unpaired) electrons. The Morgan fingerprint density at radius 1 is 1.33 bits per heavy atom. The minimum atomic E-state index is 0.292. The molecular formula is C15H20N2S. The summed E-state index contributed by atoms with van der Waals surface area (Å²) in [6, 6.07) is 8.47. The zero-order valence-electron chi connectivity index (χ0n) is 11.3. The first-order chi connectivity index (χ1) is 8.56. The molecule has 3 heteroatoms. The predicted molar refractivity (Wildman–Crippen MR) is 78.3 cm³/mol. The lowest BCUT2D eigenvalue weighted by Gasteiger charge is -2.43. The van der Waals surface area contributed by atoms with Crippen LogP contribution in [0.15, 0.2) is 24.3 Å². The molecule has 0 N–H and O–H groups in total. The summed E-state index contributed by atoms with van der Waals surface area (Å²) in [4.78, 5) is 7.30. The van der Waals surface area contributed by atoms with Crippen LogP contribution in [0.4, 0.5) is 0 Å². The lowest BCUT2D eigenvalue weighted by molar-refractivity contribution is 0.0942. The molecule has 2 aromatic rings. The monoisotopic (exact) mass is 260 g/mol. The molecule has 1 saturated heterocycles. The minimum Gasteiger partial charge on any atom is -0.301 e. The van der Waals surface area contributed by atoms with Gasteiger partial charge in [-0.15, -0.1) is 11.3 Å². The molecule has 1 atom stereocenters. The molecule has 96 valence electrons. The van der Waals surface area contributed by atoms with Gasteiger partial charge in [0.25, 0.3) is 0 Å². The Morgan fingerprint density at radius 2 is 2.11 bits per heavy atom. The van der Waals surface area contributed by atoms with Crippen LogP contribution in [0.2, 0.25) is 0 Å². The summed E-state index contributed by atoms with van der Waals surface area (Å²) in [5, 5.41) is 1.33. The highest BCUT2D eigenvalue weighted by Crippen LogP contribution is 2.39. The van der Waals surface area contributed by atoms with Gasteiger partial charge in [0.2, 0.25) is 0 Å². The average Bonchev–Trinajstić information content (AvgIpc) is 2.76. The number of piperidine rings is 1. The van der Waals surface area contributed by atoms with E-state index in [1.807, 2.05) is 11.3 Å². The fourth-order valence-electron chi connectivity index (χ4n) is 2.79. The molecule has 0 amide bonds. The standard InChI is InChI=1S/C15H20N2S/c1-15(2)10-11(8-9-17(15)3)14-16-12-6-4-5-7-13(12)18-14/h4-7,11H,8-10H2,1-3H3/t11-/m0/s1. The van der Waals surface area contributed by atoms with E-state index in [-0.39, 0.29) is 0 Å². The maximum atomic E-state index is 4.83. The summed E-state index contributed by atoms with van der Waals surface area (Å²) >= 11 is 1.88. The third-order valence-corrected chi connectivity index (χ3v) is 5.45. The number of para-hydroxylation sites is 1. The zero-order valence-corrected chi connectivity index (χ0v) is 12.1. The van der Waals surface area contributed by atoms with Gasteiger partial charge in [-0.1, -0.05) is 12.1 Å². The first-order valence-electron chi connectivity index (χ1n) is 6.63. The number of fused-ring (bicyclic) bond motifs is 1. The largest absolute Gasteiger partial charge is 0.301 e. The maximum absolute atomic E-state index is 4.83. The maximum Gasteiger partial charge on any atom is 0.0970 e. The molecule has 1 aromatic carbocycles. The fourth-order valence-corrected chi connectivity index (χ4v) is 3.89. The van der Waals surface area contributed by atoms with E-state index in [4.69, 9.17) is 4.98 Å². The van der Waals surface area contributed by atoms with Crippen LogP contribution in [0.3, 0.4) is 0 Å². The van der Waals surface area contributed by atoms with Gasteiger partial charge in [-0.25, -0.2) is 4.98 Å². The molecule has 0 unspecified atom stereocenters. The molecule has 2 heterocycles. The summed E-state index contributed by atoms with van der Waals surface area (Å²) < 4.78 is 1.32. The van der Waals surface area contributed by atoms with Gasteiger partial charge in [-0.2, -0.15) is 0 Å². The van der Waals surface area contributed by atoms with Crippen LogP contribution in [-0.4, -0.2) is 29.0 Å². The van der Waals surface area contributed by atoms with Crippen molar-refractivity contribution in [3.8, 4) is 0 Å². The third kappa shape index (κ3) is 2.06. The Kier molecular flexibility index (Phi) is 2.91. The first-order valence-corrected chi connectivity index (χ1v) is 7.45. The minimum absolute atomic E-state index is 0.292. The topological polar surface area (TPSA) is 16.1 Å². The number of benzene rings is 1. The van der Waals surface area contributed by atoms with Crippen molar-refractivity contribution in [1.82, 2.24) is 9.88 Å². The Morgan fingerprint density at radius 3 is 2.83 bits per heavy atom. The molecule has 1 aliphatic heterocycles. The second-order valence-electron chi connectivity index (χ2n) is 5.94. The molecule has 0 spiro atoms. The summed E-state index contributed by atoms with van der Waals surface area (Å²) in [6.45, 7) is 5.85. The Hall–Kier alpha value is -0.930. The van der Waals surface area contributed by atoms with E-state index in [0.717, 1.165) is 5.52 Å². The smallest absolute Gasteiger partial charge is 0.0970 e. The second kappa shape index (κ2) is 4.32. The normalized spacial score (nSPS) is 24.5. The van der Waals surface area contributed by atoms with Gasteiger partial charge in [0, 0.05) is 11.5 Å². The van der Waals surface area contributed by atoms with Crippen molar-refractivity contribution < 1.29 is 0 Å². The molecule has 18 heavy (non-hydrogen) atoms. The number of hydrogen-bond donors (Lipinski definition) is 0. The molecule has 3 rings (SSSR count). The highest BCUT2D eigenvalue weighted by atomic mass is 32.1. The van der Waals surface area contributed by atoms with Crippen molar-refractivity contribution in [3.05, 3.63) is 29.3 Å². The van der Waals surface area contributed by atoms with Gasteiger partial charge in [0.15, 0.2) is 0 Å². The molecular weight excluding hydrogens is 240 g/mol. The molecule has 1 aliphatic rings.